The van der Waals surface area contributed by atoms with E-state index in [2.05, 4.69) is 10.3 Å². The van der Waals surface area contributed by atoms with E-state index in [1.54, 1.807) is 42.6 Å². The molecule has 0 unspecified atom stereocenters. The highest BCUT2D eigenvalue weighted by Crippen LogP contribution is 2.25. The van der Waals surface area contributed by atoms with Crippen LogP contribution in [0.1, 0.15) is 26.0 Å². The molecule has 0 aliphatic rings. The number of hydrogen-bond donors (Lipinski definition) is 1. The molecule has 0 atom stereocenters. The average Bonchev–Trinajstić information content (AvgIpc) is 2.60. The molecule has 1 N–H and O–H groups in total. The van der Waals surface area contributed by atoms with Crippen LogP contribution in [0.15, 0.2) is 48.7 Å². The molecule has 0 saturated heterocycles. The zero-order valence-electron chi connectivity index (χ0n) is 15.8. The van der Waals surface area contributed by atoms with Gasteiger partial charge in [0.05, 0.1) is 30.3 Å². The van der Waals surface area contributed by atoms with E-state index in [1.165, 1.54) is 4.31 Å². The first-order valence-electron chi connectivity index (χ1n) is 8.66. The maximum absolute atomic E-state index is 12.3. The van der Waals surface area contributed by atoms with Crippen molar-refractivity contribution in [3.8, 4) is 5.75 Å². The number of nitrogens with zero attached hydrogens (tertiary/aromatic N) is 2. The Bertz CT molecular complexity index is 854. The Morgan fingerprint density at radius 1 is 1.19 bits per heavy atom. The van der Waals surface area contributed by atoms with E-state index in [9.17, 15) is 13.2 Å². The van der Waals surface area contributed by atoms with Gasteiger partial charge in [-0.3, -0.25) is 9.78 Å². The minimum Gasteiger partial charge on any atom is -0.489 e. The summed E-state index contributed by atoms with van der Waals surface area (Å²) in [7, 11) is -3.47. The summed E-state index contributed by atoms with van der Waals surface area (Å²) in [6.07, 6.45) is 2.73. The number of nitrogens with one attached hydrogen (secondary N) is 1. The van der Waals surface area contributed by atoms with Crippen LogP contribution in [0.4, 0.5) is 5.69 Å². The van der Waals surface area contributed by atoms with Gasteiger partial charge >= 0.3 is 0 Å². The predicted octanol–water partition coefficient (Wildman–Crippen LogP) is 2.66. The number of carbonyl (C=O) groups excluding carboxylic acids is 1. The number of para-hydroxylation sites is 2. The fraction of sp³-hybridized carbons (Fsp3) is 0.368. The highest BCUT2D eigenvalue weighted by molar-refractivity contribution is 7.88. The van der Waals surface area contributed by atoms with Crippen molar-refractivity contribution < 1.29 is 17.9 Å². The second-order valence-electron chi connectivity index (χ2n) is 6.38. The number of sulfonamides is 1. The largest absolute Gasteiger partial charge is 0.489 e. The lowest BCUT2D eigenvalue weighted by atomic mass is 10.2. The van der Waals surface area contributed by atoms with E-state index in [4.69, 9.17) is 4.74 Å². The number of anilines is 1. The number of carbonyl (C=O) groups is 1. The van der Waals surface area contributed by atoms with Crippen LogP contribution in [-0.2, 0) is 21.4 Å². The molecule has 0 aliphatic carbocycles. The molecule has 146 valence electrons. The van der Waals surface area contributed by atoms with Gasteiger partial charge in [0.25, 0.3) is 0 Å². The minimum absolute atomic E-state index is 0.0237. The lowest BCUT2D eigenvalue weighted by molar-refractivity contribution is -0.116. The number of aromatic nitrogens is 1. The number of benzene rings is 1. The van der Waals surface area contributed by atoms with Crippen molar-refractivity contribution in [3.63, 3.8) is 0 Å². The molecular weight excluding hydrogens is 366 g/mol. The third kappa shape index (κ3) is 6.99. The van der Waals surface area contributed by atoms with Crippen molar-refractivity contribution in [3.05, 3.63) is 54.4 Å². The van der Waals surface area contributed by atoms with E-state index in [-0.39, 0.29) is 31.5 Å². The van der Waals surface area contributed by atoms with Gasteiger partial charge in [-0.2, -0.15) is 4.31 Å². The van der Waals surface area contributed by atoms with Crippen LogP contribution in [0.25, 0.3) is 0 Å². The summed E-state index contributed by atoms with van der Waals surface area (Å²) >= 11 is 0. The second kappa shape index (κ2) is 9.48. The summed E-state index contributed by atoms with van der Waals surface area (Å²) in [6, 6.07) is 12.5. The van der Waals surface area contributed by atoms with Gasteiger partial charge in [-0.25, -0.2) is 8.42 Å². The second-order valence-corrected chi connectivity index (χ2v) is 8.36. The Kier molecular flexibility index (Phi) is 7.32. The Labute approximate surface area is 160 Å². The standard InChI is InChI=1S/C19H25N3O4S/c1-15(2)26-18-10-5-4-9-17(18)21-19(23)11-13-22(27(3,24)25)14-16-8-6-7-12-20-16/h4-10,12,15H,11,13-14H2,1-3H3,(H,21,23). The van der Waals surface area contributed by atoms with Gasteiger partial charge in [0.2, 0.25) is 15.9 Å². The number of ether oxygens (including phenoxy) is 1. The summed E-state index contributed by atoms with van der Waals surface area (Å²) in [5, 5.41) is 2.79. The molecule has 2 rings (SSSR count). The van der Waals surface area contributed by atoms with Crippen LogP contribution in [0.5, 0.6) is 5.75 Å². The van der Waals surface area contributed by atoms with Gasteiger partial charge in [-0.05, 0) is 38.1 Å². The summed E-state index contributed by atoms with van der Waals surface area (Å²) in [4.78, 5) is 16.5. The molecule has 8 heteroatoms. The van der Waals surface area contributed by atoms with Crippen LogP contribution in [0, 0.1) is 0 Å². The van der Waals surface area contributed by atoms with E-state index >= 15 is 0 Å². The lowest BCUT2D eigenvalue weighted by Crippen LogP contribution is -2.33. The molecule has 0 saturated carbocycles. The summed E-state index contributed by atoms with van der Waals surface area (Å²) in [6.45, 7) is 3.99. The minimum atomic E-state index is -3.47. The SMILES string of the molecule is CC(C)Oc1ccccc1NC(=O)CCN(Cc1ccccn1)S(C)(=O)=O. The van der Waals surface area contributed by atoms with E-state index in [0.29, 0.717) is 17.1 Å². The summed E-state index contributed by atoms with van der Waals surface area (Å²) in [5.74, 6) is 0.291. The third-order valence-corrected chi connectivity index (χ3v) is 4.90. The van der Waals surface area contributed by atoms with Crippen molar-refractivity contribution in [2.75, 3.05) is 18.1 Å². The van der Waals surface area contributed by atoms with Crippen LogP contribution < -0.4 is 10.1 Å². The molecule has 0 bridgehead atoms. The highest BCUT2D eigenvalue weighted by atomic mass is 32.2. The first kappa shape index (κ1) is 20.9. The van der Waals surface area contributed by atoms with Crippen LogP contribution in [-0.4, -0.2) is 42.5 Å². The maximum Gasteiger partial charge on any atom is 0.225 e. The third-order valence-electron chi connectivity index (χ3n) is 3.65. The van der Waals surface area contributed by atoms with Crippen LogP contribution >= 0.6 is 0 Å². The number of pyridine rings is 1. The smallest absolute Gasteiger partial charge is 0.225 e. The van der Waals surface area contributed by atoms with Crippen molar-refractivity contribution in [2.45, 2.75) is 32.9 Å². The first-order chi connectivity index (χ1) is 12.8. The molecule has 1 aromatic heterocycles. The molecule has 0 spiro atoms. The van der Waals surface area contributed by atoms with Crippen molar-refractivity contribution in [1.82, 2.24) is 9.29 Å². The maximum atomic E-state index is 12.3. The van der Waals surface area contributed by atoms with Gasteiger partial charge in [-0.1, -0.05) is 18.2 Å². The molecule has 1 amide bonds. The summed E-state index contributed by atoms with van der Waals surface area (Å²) in [5.41, 5.74) is 1.19. The molecule has 27 heavy (non-hydrogen) atoms. The Hall–Kier alpha value is -2.45. The predicted molar refractivity (Wildman–Crippen MR) is 105 cm³/mol. The Morgan fingerprint density at radius 3 is 2.52 bits per heavy atom. The zero-order valence-corrected chi connectivity index (χ0v) is 16.6. The zero-order chi connectivity index (χ0) is 19.9. The molecule has 1 heterocycles. The Balaban J connectivity index is 2.00. The van der Waals surface area contributed by atoms with E-state index in [1.807, 2.05) is 19.9 Å². The normalized spacial score (nSPS) is 11.6. The number of rotatable bonds is 9. The molecule has 1 aromatic carbocycles. The summed E-state index contributed by atoms with van der Waals surface area (Å²) < 4.78 is 31.0. The number of amides is 1. The molecule has 7 nitrogen and oxygen atoms in total. The van der Waals surface area contributed by atoms with Gasteiger partial charge in [-0.15, -0.1) is 0 Å². The monoisotopic (exact) mass is 391 g/mol. The highest BCUT2D eigenvalue weighted by Gasteiger charge is 2.19. The van der Waals surface area contributed by atoms with Crippen LogP contribution in [0.3, 0.4) is 0 Å². The van der Waals surface area contributed by atoms with Crippen molar-refractivity contribution in [2.24, 2.45) is 0 Å². The molecular formula is C19H25N3O4S. The molecule has 2 aromatic rings. The topological polar surface area (TPSA) is 88.6 Å². The van der Waals surface area contributed by atoms with Gasteiger partial charge in [0, 0.05) is 19.2 Å². The first-order valence-corrected chi connectivity index (χ1v) is 10.5. The quantitative estimate of drug-likeness (QED) is 0.710. The van der Waals surface area contributed by atoms with Crippen LogP contribution in [0.2, 0.25) is 0 Å². The molecule has 0 radical (unpaired) electrons. The number of hydrogen-bond acceptors (Lipinski definition) is 5. The molecule has 0 aliphatic heterocycles. The molecule has 0 fully saturated rings. The average molecular weight is 391 g/mol. The van der Waals surface area contributed by atoms with Gasteiger partial charge in [0.15, 0.2) is 0 Å². The Morgan fingerprint density at radius 2 is 1.89 bits per heavy atom. The lowest BCUT2D eigenvalue weighted by Gasteiger charge is -2.19. The van der Waals surface area contributed by atoms with E-state index in [0.717, 1.165) is 6.26 Å². The van der Waals surface area contributed by atoms with Crippen molar-refractivity contribution in [1.29, 1.82) is 0 Å². The van der Waals surface area contributed by atoms with Gasteiger partial charge < -0.3 is 10.1 Å². The van der Waals surface area contributed by atoms with Crippen molar-refractivity contribution >= 4 is 21.6 Å². The fourth-order valence-corrected chi connectivity index (χ4v) is 3.19. The van der Waals surface area contributed by atoms with E-state index < -0.39 is 10.0 Å². The van der Waals surface area contributed by atoms with Gasteiger partial charge in [0.1, 0.15) is 5.75 Å². The fourth-order valence-electron chi connectivity index (χ4n) is 2.40.